The smallest absolute Gasteiger partial charge is 0.323 e. The Kier molecular flexibility index (Phi) is 6.96. The van der Waals surface area contributed by atoms with Gasteiger partial charge in [0.2, 0.25) is 0 Å². The summed E-state index contributed by atoms with van der Waals surface area (Å²) in [6.07, 6.45) is 5.14. The molecule has 118 valence electrons. The fourth-order valence-corrected chi connectivity index (χ4v) is 3.10. The van der Waals surface area contributed by atoms with Gasteiger partial charge in [0.05, 0.1) is 0 Å². The molecule has 0 radical (unpaired) electrons. The maximum Gasteiger partial charge on any atom is 0.323 e. The van der Waals surface area contributed by atoms with Crippen molar-refractivity contribution in [2.45, 2.75) is 71.4 Å². The second-order valence-electron chi connectivity index (χ2n) is 6.68. The minimum absolute atomic E-state index is 0.637. The molecule has 1 aliphatic heterocycles. The SMILES string of the molecule is CCCNC(C)(CCCN1CCC(C)CC1C)C(=O)O. The summed E-state index contributed by atoms with van der Waals surface area (Å²) in [4.78, 5) is 14.0. The topological polar surface area (TPSA) is 52.6 Å². The molecule has 1 fully saturated rings. The van der Waals surface area contributed by atoms with Crippen molar-refractivity contribution < 1.29 is 9.90 Å². The highest BCUT2D eigenvalue weighted by Gasteiger charge is 2.32. The second-order valence-corrected chi connectivity index (χ2v) is 6.68. The molecular weight excluding hydrogens is 252 g/mol. The summed E-state index contributed by atoms with van der Waals surface area (Å²) in [5, 5.41) is 12.6. The Bertz CT molecular complexity index is 309. The molecule has 3 unspecified atom stereocenters. The Morgan fingerprint density at radius 2 is 2.15 bits per heavy atom. The van der Waals surface area contributed by atoms with Crippen molar-refractivity contribution in [1.29, 1.82) is 0 Å². The van der Waals surface area contributed by atoms with E-state index in [4.69, 9.17) is 0 Å². The molecular formula is C16H32N2O2. The summed E-state index contributed by atoms with van der Waals surface area (Å²) in [5.41, 5.74) is -0.775. The van der Waals surface area contributed by atoms with Gasteiger partial charge in [0.25, 0.3) is 0 Å². The van der Waals surface area contributed by atoms with Crippen molar-refractivity contribution >= 4 is 5.97 Å². The first-order valence-electron chi connectivity index (χ1n) is 8.11. The van der Waals surface area contributed by atoms with Gasteiger partial charge in [-0.2, -0.15) is 0 Å². The Hall–Kier alpha value is -0.610. The third kappa shape index (κ3) is 5.06. The fourth-order valence-electron chi connectivity index (χ4n) is 3.10. The highest BCUT2D eigenvalue weighted by molar-refractivity contribution is 5.78. The minimum Gasteiger partial charge on any atom is -0.480 e. The first-order chi connectivity index (χ1) is 9.39. The Morgan fingerprint density at radius 3 is 2.70 bits per heavy atom. The summed E-state index contributed by atoms with van der Waals surface area (Å²) < 4.78 is 0. The van der Waals surface area contributed by atoms with Crippen molar-refractivity contribution in [3.8, 4) is 0 Å². The standard InChI is InChI=1S/C16H32N2O2/c1-5-9-17-16(4,15(19)20)8-6-10-18-11-7-13(2)12-14(18)3/h13-14,17H,5-12H2,1-4H3,(H,19,20). The molecule has 4 nitrogen and oxygen atoms in total. The van der Waals surface area contributed by atoms with Crippen molar-refractivity contribution in [3.63, 3.8) is 0 Å². The molecule has 0 aromatic carbocycles. The van der Waals surface area contributed by atoms with Gasteiger partial charge in [-0.25, -0.2) is 0 Å². The molecule has 0 aliphatic carbocycles. The van der Waals surface area contributed by atoms with Crippen LogP contribution in [0.25, 0.3) is 0 Å². The lowest BCUT2D eigenvalue weighted by Gasteiger charge is -2.37. The normalized spacial score (nSPS) is 27.2. The van der Waals surface area contributed by atoms with Crippen LogP contribution in [0.4, 0.5) is 0 Å². The van der Waals surface area contributed by atoms with Gasteiger partial charge in [0.1, 0.15) is 5.54 Å². The first-order valence-corrected chi connectivity index (χ1v) is 8.11. The first kappa shape index (κ1) is 17.4. The highest BCUT2D eigenvalue weighted by atomic mass is 16.4. The summed E-state index contributed by atoms with van der Waals surface area (Å²) in [5.74, 6) is 0.100. The third-order valence-electron chi connectivity index (χ3n) is 4.64. The number of carboxylic acids is 1. The molecule has 4 heteroatoms. The van der Waals surface area contributed by atoms with Crippen molar-refractivity contribution in [2.24, 2.45) is 5.92 Å². The van der Waals surface area contributed by atoms with Gasteiger partial charge in [-0.05, 0) is 71.5 Å². The maximum atomic E-state index is 11.4. The molecule has 0 saturated carbocycles. The number of aliphatic carboxylic acids is 1. The number of carbonyl (C=O) groups is 1. The van der Waals surface area contributed by atoms with Gasteiger partial charge < -0.3 is 15.3 Å². The molecule has 0 bridgehead atoms. The van der Waals surface area contributed by atoms with E-state index in [1.807, 2.05) is 6.92 Å². The molecule has 1 saturated heterocycles. The molecule has 2 N–H and O–H groups in total. The second kappa shape index (κ2) is 7.99. The summed E-state index contributed by atoms with van der Waals surface area (Å²) in [6.45, 7) is 11.4. The molecule has 0 aromatic heterocycles. The molecule has 20 heavy (non-hydrogen) atoms. The molecule has 0 spiro atoms. The van der Waals surface area contributed by atoms with Crippen LogP contribution in [0.5, 0.6) is 0 Å². The van der Waals surface area contributed by atoms with Gasteiger partial charge in [-0.3, -0.25) is 4.79 Å². The molecule has 0 aromatic rings. The van der Waals surface area contributed by atoms with E-state index < -0.39 is 11.5 Å². The Morgan fingerprint density at radius 1 is 1.45 bits per heavy atom. The number of hydrogen-bond acceptors (Lipinski definition) is 3. The van der Waals surface area contributed by atoms with Crippen LogP contribution < -0.4 is 5.32 Å². The van der Waals surface area contributed by atoms with E-state index in [9.17, 15) is 9.90 Å². The van der Waals surface area contributed by atoms with E-state index in [1.165, 1.54) is 12.8 Å². The van der Waals surface area contributed by atoms with Gasteiger partial charge in [-0.15, -0.1) is 0 Å². The largest absolute Gasteiger partial charge is 0.480 e. The minimum atomic E-state index is -0.775. The molecule has 1 rings (SSSR count). The van der Waals surface area contributed by atoms with Crippen LogP contribution in [0, 0.1) is 5.92 Å². The Labute approximate surface area is 123 Å². The zero-order valence-corrected chi connectivity index (χ0v) is 13.6. The van der Waals surface area contributed by atoms with E-state index >= 15 is 0 Å². The number of nitrogens with one attached hydrogen (secondary N) is 1. The zero-order valence-electron chi connectivity index (χ0n) is 13.6. The van der Waals surface area contributed by atoms with Gasteiger partial charge >= 0.3 is 5.97 Å². The van der Waals surface area contributed by atoms with E-state index in [-0.39, 0.29) is 0 Å². The maximum absolute atomic E-state index is 11.4. The molecule has 1 aliphatic rings. The van der Waals surface area contributed by atoms with Crippen LogP contribution in [0.2, 0.25) is 0 Å². The monoisotopic (exact) mass is 284 g/mol. The summed E-state index contributed by atoms with van der Waals surface area (Å²) >= 11 is 0. The lowest BCUT2D eigenvalue weighted by Crippen LogP contribution is -2.50. The van der Waals surface area contributed by atoms with Crippen LogP contribution >= 0.6 is 0 Å². The fraction of sp³-hybridized carbons (Fsp3) is 0.938. The molecule has 0 amide bonds. The average Bonchev–Trinajstić information content (AvgIpc) is 2.38. The van der Waals surface area contributed by atoms with Crippen LogP contribution in [0.15, 0.2) is 0 Å². The van der Waals surface area contributed by atoms with E-state index in [0.29, 0.717) is 12.5 Å². The predicted octanol–water partition coefficient (Wildman–Crippen LogP) is 2.73. The Balaban J connectivity index is 2.38. The quantitative estimate of drug-likeness (QED) is 0.719. The number of nitrogens with zero attached hydrogens (tertiary/aromatic N) is 1. The lowest BCUT2D eigenvalue weighted by atomic mass is 9.92. The number of rotatable bonds is 8. The average molecular weight is 284 g/mol. The van der Waals surface area contributed by atoms with E-state index in [1.54, 1.807) is 0 Å². The number of piperidine rings is 1. The summed E-state index contributed by atoms with van der Waals surface area (Å²) in [6, 6.07) is 0.637. The van der Waals surface area contributed by atoms with Crippen LogP contribution in [0.1, 0.15) is 59.8 Å². The number of carboxylic acid groups (broad SMARTS) is 1. The van der Waals surface area contributed by atoms with Gasteiger partial charge in [0.15, 0.2) is 0 Å². The van der Waals surface area contributed by atoms with Crippen molar-refractivity contribution in [3.05, 3.63) is 0 Å². The van der Waals surface area contributed by atoms with Crippen LogP contribution in [-0.2, 0) is 4.79 Å². The van der Waals surface area contributed by atoms with Crippen LogP contribution in [0.3, 0.4) is 0 Å². The third-order valence-corrected chi connectivity index (χ3v) is 4.64. The van der Waals surface area contributed by atoms with Crippen LogP contribution in [-0.4, -0.2) is 47.2 Å². The predicted molar refractivity (Wildman–Crippen MR) is 83.0 cm³/mol. The molecule has 3 atom stereocenters. The van der Waals surface area contributed by atoms with Gasteiger partial charge in [-0.1, -0.05) is 13.8 Å². The van der Waals surface area contributed by atoms with Crippen molar-refractivity contribution in [2.75, 3.05) is 19.6 Å². The lowest BCUT2D eigenvalue weighted by molar-refractivity contribution is -0.144. The van der Waals surface area contributed by atoms with Crippen molar-refractivity contribution in [1.82, 2.24) is 10.2 Å². The highest BCUT2D eigenvalue weighted by Crippen LogP contribution is 2.23. The van der Waals surface area contributed by atoms with E-state index in [0.717, 1.165) is 38.4 Å². The summed E-state index contributed by atoms with van der Waals surface area (Å²) in [7, 11) is 0. The van der Waals surface area contributed by atoms with Gasteiger partial charge in [0, 0.05) is 6.04 Å². The number of likely N-dealkylation sites (tertiary alicyclic amines) is 1. The molecule has 1 heterocycles. The number of hydrogen-bond donors (Lipinski definition) is 2. The van der Waals surface area contributed by atoms with E-state index in [2.05, 4.69) is 31.0 Å². The zero-order chi connectivity index (χ0) is 15.2.